The van der Waals surface area contributed by atoms with Crippen LogP contribution in [0.4, 0.5) is 0 Å². The quantitative estimate of drug-likeness (QED) is 0.125. The van der Waals surface area contributed by atoms with Crippen molar-refractivity contribution in [2.45, 2.75) is 69.5 Å². The van der Waals surface area contributed by atoms with Crippen molar-refractivity contribution in [2.75, 3.05) is 45.7 Å². The summed E-state index contributed by atoms with van der Waals surface area (Å²) in [6, 6.07) is 0.570. The standard InChI is InChI=1S/C21H38N6O2S.HI/c1-3-22-19(24-15-21(10-13-28)11-14-29-16-21)23-12-6-9-18-25-26-20(30-2)27(18)17-7-4-5-8-17;/h17,28H,3-16H2,1-2H3,(H2,22,23,24);1H. The van der Waals surface area contributed by atoms with E-state index in [2.05, 4.69) is 38.6 Å². The highest BCUT2D eigenvalue weighted by molar-refractivity contribution is 14.0. The molecule has 1 unspecified atom stereocenters. The van der Waals surface area contributed by atoms with E-state index >= 15 is 0 Å². The first-order valence-corrected chi connectivity index (χ1v) is 12.6. The second kappa shape index (κ2) is 13.8. The molecule has 8 nitrogen and oxygen atoms in total. The summed E-state index contributed by atoms with van der Waals surface area (Å²) in [5.74, 6) is 1.95. The number of rotatable bonds is 11. The highest BCUT2D eigenvalue weighted by Gasteiger charge is 2.34. The first-order valence-electron chi connectivity index (χ1n) is 11.4. The van der Waals surface area contributed by atoms with Crippen molar-refractivity contribution < 1.29 is 9.84 Å². The van der Waals surface area contributed by atoms with Gasteiger partial charge in [-0.15, -0.1) is 34.2 Å². The van der Waals surface area contributed by atoms with Crippen LogP contribution in [0.5, 0.6) is 0 Å². The summed E-state index contributed by atoms with van der Waals surface area (Å²) in [4.78, 5) is 4.80. The molecule has 1 aromatic rings. The van der Waals surface area contributed by atoms with Crippen molar-refractivity contribution in [3.05, 3.63) is 5.82 Å². The molecule has 10 heteroatoms. The molecule has 31 heavy (non-hydrogen) atoms. The number of aliphatic hydroxyl groups is 1. The van der Waals surface area contributed by atoms with Gasteiger partial charge in [0.25, 0.3) is 0 Å². The van der Waals surface area contributed by atoms with Gasteiger partial charge in [-0.05, 0) is 45.3 Å². The minimum Gasteiger partial charge on any atom is -0.396 e. The zero-order valence-corrected chi connectivity index (χ0v) is 22.1. The van der Waals surface area contributed by atoms with Crippen LogP contribution in [0.15, 0.2) is 10.1 Å². The fourth-order valence-electron chi connectivity index (χ4n) is 4.48. The van der Waals surface area contributed by atoms with Gasteiger partial charge in [-0.1, -0.05) is 24.6 Å². The molecule has 0 radical (unpaired) electrons. The highest BCUT2D eigenvalue weighted by Crippen LogP contribution is 2.34. The lowest BCUT2D eigenvalue weighted by atomic mass is 9.84. The molecule has 2 aliphatic rings. The van der Waals surface area contributed by atoms with E-state index in [1.807, 2.05) is 0 Å². The number of nitrogens with one attached hydrogen (secondary N) is 2. The van der Waals surface area contributed by atoms with Crippen LogP contribution in [0.3, 0.4) is 0 Å². The average Bonchev–Trinajstić information content (AvgIpc) is 3.50. The SMILES string of the molecule is CCNC(=NCC1(CCO)CCOC1)NCCCc1nnc(SC)n1C1CCCC1.I. The number of hydrogen-bond acceptors (Lipinski definition) is 6. The van der Waals surface area contributed by atoms with E-state index < -0.39 is 0 Å². The van der Waals surface area contributed by atoms with Crippen LogP contribution in [0.25, 0.3) is 0 Å². The zero-order chi connectivity index (χ0) is 21.2. The lowest BCUT2D eigenvalue weighted by Crippen LogP contribution is -2.39. The molecule has 1 saturated heterocycles. The minimum atomic E-state index is -0.0248. The van der Waals surface area contributed by atoms with E-state index in [4.69, 9.17) is 9.73 Å². The normalized spacial score (nSPS) is 22.0. The summed E-state index contributed by atoms with van der Waals surface area (Å²) in [6.07, 6.45) is 10.8. The van der Waals surface area contributed by atoms with Gasteiger partial charge in [0.15, 0.2) is 11.1 Å². The van der Waals surface area contributed by atoms with Gasteiger partial charge in [-0.3, -0.25) is 4.99 Å². The van der Waals surface area contributed by atoms with Gasteiger partial charge < -0.3 is 25.0 Å². The Morgan fingerprint density at radius 3 is 2.77 bits per heavy atom. The van der Waals surface area contributed by atoms with Crippen LogP contribution in [0.2, 0.25) is 0 Å². The summed E-state index contributed by atoms with van der Waals surface area (Å²) in [7, 11) is 0. The molecule has 3 N–H and O–H groups in total. The maximum Gasteiger partial charge on any atom is 0.191 e. The molecule has 0 bridgehead atoms. The molecule has 2 heterocycles. The maximum absolute atomic E-state index is 9.41. The summed E-state index contributed by atoms with van der Waals surface area (Å²) in [5.41, 5.74) is -0.0248. The molecule has 1 aliphatic heterocycles. The second-order valence-corrected chi connectivity index (χ2v) is 9.19. The Kier molecular flexibility index (Phi) is 11.9. The number of aromatic nitrogens is 3. The Morgan fingerprint density at radius 2 is 2.13 bits per heavy atom. The summed E-state index contributed by atoms with van der Waals surface area (Å²) >= 11 is 1.69. The van der Waals surface area contributed by atoms with Crippen molar-refractivity contribution in [3.8, 4) is 0 Å². The van der Waals surface area contributed by atoms with E-state index in [9.17, 15) is 5.11 Å². The van der Waals surface area contributed by atoms with Crippen molar-refractivity contribution in [3.63, 3.8) is 0 Å². The van der Waals surface area contributed by atoms with Gasteiger partial charge in [0.1, 0.15) is 5.82 Å². The maximum atomic E-state index is 9.41. The van der Waals surface area contributed by atoms with E-state index in [0.29, 0.717) is 19.2 Å². The van der Waals surface area contributed by atoms with Gasteiger partial charge in [0.2, 0.25) is 0 Å². The van der Waals surface area contributed by atoms with Crippen LogP contribution < -0.4 is 10.6 Å². The third-order valence-corrected chi connectivity index (χ3v) is 6.86. The van der Waals surface area contributed by atoms with Gasteiger partial charge in [-0.2, -0.15) is 0 Å². The van der Waals surface area contributed by atoms with Crippen LogP contribution in [0.1, 0.15) is 63.7 Å². The third kappa shape index (κ3) is 7.46. The molecule has 1 atom stereocenters. The number of aliphatic hydroxyl groups excluding tert-OH is 1. The van der Waals surface area contributed by atoms with Crippen molar-refractivity contribution >= 4 is 41.7 Å². The number of aryl methyl sites for hydroxylation is 1. The second-order valence-electron chi connectivity index (χ2n) is 8.41. The van der Waals surface area contributed by atoms with Crippen molar-refractivity contribution in [1.29, 1.82) is 0 Å². The minimum absolute atomic E-state index is 0. The first kappa shape index (κ1) is 26.7. The predicted molar refractivity (Wildman–Crippen MR) is 137 cm³/mol. The molecule has 0 spiro atoms. The van der Waals surface area contributed by atoms with Crippen LogP contribution in [-0.4, -0.2) is 71.5 Å². The van der Waals surface area contributed by atoms with E-state index in [1.165, 1.54) is 25.7 Å². The van der Waals surface area contributed by atoms with Crippen LogP contribution >= 0.6 is 35.7 Å². The Balaban J connectivity index is 0.00000341. The van der Waals surface area contributed by atoms with Crippen molar-refractivity contribution in [1.82, 2.24) is 25.4 Å². The Labute approximate surface area is 207 Å². The number of aliphatic imine (C=N–C) groups is 1. The highest BCUT2D eigenvalue weighted by atomic mass is 127. The predicted octanol–water partition coefficient (Wildman–Crippen LogP) is 3.01. The monoisotopic (exact) mass is 566 g/mol. The number of halogens is 1. The Hall–Kier alpha value is -0.590. The van der Waals surface area contributed by atoms with Crippen LogP contribution in [0, 0.1) is 5.41 Å². The van der Waals surface area contributed by atoms with E-state index in [1.54, 1.807) is 11.8 Å². The average molecular weight is 567 g/mol. The van der Waals surface area contributed by atoms with Gasteiger partial charge in [-0.25, -0.2) is 0 Å². The number of nitrogens with zero attached hydrogens (tertiary/aromatic N) is 4. The molecular weight excluding hydrogens is 527 g/mol. The number of thioether (sulfide) groups is 1. The number of ether oxygens (including phenoxy) is 1. The molecule has 178 valence electrons. The summed E-state index contributed by atoms with van der Waals surface area (Å²) in [5, 5.41) is 26.1. The van der Waals surface area contributed by atoms with Gasteiger partial charge >= 0.3 is 0 Å². The molecule has 1 aromatic heterocycles. The molecular formula is C21H39IN6O2S. The lowest BCUT2D eigenvalue weighted by Gasteiger charge is -2.24. The fourth-order valence-corrected chi connectivity index (χ4v) is 5.05. The molecule has 1 aliphatic carbocycles. The van der Waals surface area contributed by atoms with Crippen LogP contribution in [-0.2, 0) is 11.2 Å². The Bertz CT molecular complexity index is 675. The lowest BCUT2D eigenvalue weighted by molar-refractivity contribution is 0.131. The molecule has 2 fully saturated rings. The molecule has 3 rings (SSSR count). The van der Waals surface area contributed by atoms with Gasteiger partial charge in [0.05, 0.1) is 13.2 Å². The zero-order valence-electron chi connectivity index (χ0n) is 18.9. The van der Waals surface area contributed by atoms with Gasteiger partial charge in [0, 0.05) is 44.2 Å². The topological polar surface area (TPSA) is 96.6 Å². The molecule has 0 aromatic carbocycles. The smallest absolute Gasteiger partial charge is 0.191 e. The van der Waals surface area contributed by atoms with E-state index in [0.717, 1.165) is 62.3 Å². The number of guanidine groups is 1. The van der Waals surface area contributed by atoms with Crippen molar-refractivity contribution in [2.24, 2.45) is 10.4 Å². The molecule has 1 saturated carbocycles. The first-order chi connectivity index (χ1) is 14.7. The molecule has 0 amide bonds. The Morgan fingerprint density at radius 1 is 1.32 bits per heavy atom. The summed E-state index contributed by atoms with van der Waals surface area (Å²) in [6.45, 7) is 6.04. The largest absolute Gasteiger partial charge is 0.396 e. The number of hydrogen-bond donors (Lipinski definition) is 3. The fraction of sp³-hybridized carbons (Fsp3) is 0.857. The van der Waals surface area contributed by atoms with E-state index in [-0.39, 0.29) is 36.0 Å². The third-order valence-electron chi connectivity index (χ3n) is 6.22. The summed E-state index contributed by atoms with van der Waals surface area (Å²) < 4.78 is 7.96.